The van der Waals surface area contributed by atoms with Gasteiger partial charge in [-0.2, -0.15) is 4.99 Å². The minimum Gasteiger partial charge on any atom is -0.318 e. The fourth-order valence-electron chi connectivity index (χ4n) is 0.866. The molecule has 0 fully saturated rings. The second-order valence-electron chi connectivity index (χ2n) is 2.08. The van der Waals surface area contributed by atoms with E-state index in [4.69, 9.17) is 0 Å². The Balaban J connectivity index is 2.78. The fourth-order valence-corrected chi connectivity index (χ4v) is 0.866. The van der Waals surface area contributed by atoms with Gasteiger partial charge in [-0.1, -0.05) is 0 Å². The summed E-state index contributed by atoms with van der Waals surface area (Å²) in [5.41, 5.74) is 3.60. The summed E-state index contributed by atoms with van der Waals surface area (Å²) < 4.78 is 1.85. The van der Waals surface area contributed by atoms with Crippen LogP contribution in [0.5, 0.6) is 0 Å². The zero-order valence-corrected chi connectivity index (χ0v) is 5.50. The predicted molar refractivity (Wildman–Crippen MR) is 38.3 cm³/mol. The quantitative estimate of drug-likeness (QED) is 0.488. The van der Waals surface area contributed by atoms with Gasteiger partial charge in [0.15, 0.2) is 5.82 Å². The van der Waals surface area contributed by atoms with Gasteiger partial charge in [0.2, 0.25) is 0 Å². The molecule has 1 aromatic rings. The van der Waals surface area contributed by atoms with Crippen molar-refractivity contribution in [3.63, 3.8) is 0 Å². The van der Waals surface area contributed by atoms with E-state index in [2.05, 4.69) is 21.6 Å². The highest BCUT2D eigenvalue weighted by molar-refractivity contribution is 5.72. The smallest absolute Gasteiger partial charge is 0.170 e. The molecule has 3 nitrogen and oxygen atoms in total. The van der Waals surface area contributed by atoms with E-state index in [9.17, 15) is 0 Å². The average Bonchev–Trinajstić information content (AvgIpc) is 2.34. The lowest BCUT2D eigenvalue weighted by Gasteiger charge is -1.93. The molecule has 0 radical (unpaired) electrons. The zero-order valence-electron chi connectivity index (χ0n) is 5.50. The third-order valence-corrected chi connectivity index (χ3v) is 1.37. The Morgan fingerprint density at radius 3 is 3.30 bits per heavy atom. The van der Waals surface area contributed by atoms with Gasteiger partial charge in [-0.15, -0.1) is 0 Å². The van der Waals surface area contributed by atoms with Gasteiger partial charge in [0.05, 0.1) is 6.33 Å². The normalized spacial score (nSPS) is 12.1. The number of rotatable bonds is 0. The Morgan fingerprint density at radius 1 is 1.60 bits per heavy atom. The van der Waals surface area contributed by atoms with E-state index in [0.717, 1.165) is 11.5 Å². The third-order valence-electron chi connectivity index (χ3n) is 1.37. The minimum absolute atomic E-state index is 0.846. The molecule has 0 spiro atoms. The first-order chi connectivity index (χ1) is 4.88. The summed E-state index contributed by atoms with van der Waals surface area (Å²) in [6, 6.07) is 0. The third kappa shape index (κ3) is 0.560. The number of imidazole rings is 1. The Hall–Kier alpha value is -1.56. The lowest BCUT2D eigenvalue weighted by Crippen LogP contribution is -1.83. The fraction of sp³-hybridized carbons (Fsp3) is 0.143. The van der Waals surface area contributed by atoms with Crippen molar-refractivity contribution in [1.82, 2.24) is 9.55 Å². The van der Waals surface area contributed by atoms with Crippen LogP contribution >= 0.6 is 0 Å². The number of aliphatic imine (C=N–C) groups is 1. The average molecular weight is 131 g/mol. The van der Waals surface area contributed by atoms with Crippen molar-refractivity contribution in [2.45, 2.75) is 0 Å². The molecule has 2 rings (SSSR count). The van der Waals surface area contributed by atoms with Gasteiger partial charge >= 0.3 is 0 Å². The van der Waals surface area contributed by atoms with Crippen LogP contribution in [0.15, 0.2) is 17.1 Å². The van der Waals surface area contributed by atoms with Crippen molar-refractivity contribution in [3.05, 3.63) is 17.8 Å². The van der Waals surface area contributed by atoms with E-state index in [1.54, 1.807) is 12.4 Å². The van der Waals surface area contributed by atoms with Crippen molar-refractivity contribution < 1.29 is 0 Å². The van der Waals surface area contributed by atoms with Crippen LogP contribution in [-0.4, -0.2) is 15.4 Å². The lowest BCUT2D eigenvalue weighted by atomic mass is 10.4. The van der Waals surface area contributed by atoms with Gasteiger partial charge in [0, 0.05) is 19.0 Å². The maximum absolute atomic E-state index is 4.07. The summed E-state index contributed by atoms with van der Waals surface area (Å²) in [5, 5.41) is 0. The summed E-state index contributed by atoms with van der Waals surface area (Å²) >= 11 is 0. The Bertz CT molecular complexity index is 360. The summed E-state index contributed by atoms with van der Waals surface area (Å²) in [4.78, 5) is 8.03. The largest absolute Gasteiger partial charge is 0.318 e. The van der Waals surface area contributed by atoms with Gasteiger partial charge in [0.1, 0.15) is 5.69 Å². The molecule has 0 unspecified atom stereocenters. The van der Waals surface area contributed by atoms with Crippen LogP contribution in [0.3, 0.4) is 0 Å². The molecule has 0 saturated heterocycles. The lowest BCUT2D eigenvalue weighted by molar-refractivity contribution is 0.913. The zero-order chi connectivity index (χ0) is 6.97. The molecular weight excluding hydrogens is 126 g/mol. The second-order valence-corrected chi connectivity index (χ2v) is 2.08. The first kappa shape index (κ1) is 5.24. The van der Waals surface area contributed by atoms with Crippen LogP contribution in [0.2, 0.25) is 0 Å². The molecule has 2 heterocycles. The maximum Gasteiger partial charge on any atom is 0.170 e. The Kier molecular flexibility index (Phi) is 0.896. The maximum atomic E-state index is 4.07. The van der Waals surface area contributed by atoms with Gasteiger partial charge < -0.3 is 4.57 Å². The number of aromatic nitrogens is 2. The minimum atomic E-state index is 0.846. The van der Waals surface area contributed by atoms with Crippen LogP contribution < -0.4 is 0 Å². The van der Waals surface area contributed by atoms with Crippen molar-refractivity contribution in [2.24, 2.45) is 12.0 Å². The van der Waals surface area contributed by atoms with Crippen LogP contribution in [-0.2, 0) is 7.05 Å². The van der Waals surface area contributed by atoms with E-state index in [0.29, 0.717) is 0 Å². The first-order valence-corrected chi connectivity index (χ1v) is 2.94. The Morgan fingerprint density at radius 2 is 2.50 bits per heavy atom. The molecule has 10 heavy (non-hydrogen) atoms. The molecule has 1 aliphatic rings. The molecule has 0 atom stereocenters. The molecule has 1 aliphatic heterocycles. The number of hydrogen-bond donors (Lipinski definition) is 0. The van der Waals surface area contributed by atoms with Crippen molar-refractivity contribution in [2.75, 3.05) is 0 Å². The molecular formula is C7H5N3. The highest BCUT2D eigenvalue weighted by atomic mass is 15.1. The number of hydrogen-bond acceptors (Lipinski definition) is 2. The summed E-state index contributed by atoms with van der Waals surface area (Å²) in [6.07, 6.45) is 3.49. The van der Waals surface area contributed by atoms with Gasteiger partial charge in [-0.3, -0.25) is 0 Å². The molecule has 0 N–H and O–H groups in total. The molecule has 0 saturated carbocycles. The molecule has 0 aromatic carbocycles. The summed E-state index contributed by atoms with van der Waals surface area (Å²) in [5.74, 6) is 3.47. The second kappa shape index (κ2) is 1.71. The van der Waals surface area contributed by atoms with Crippen molar-refractivity contribution in [3.8, 4) is 0 Å². The monoisotopic (exact) mass is 131 g/mol. The number of nitrogens with zero attached hydrogens (tertiary/aromatic N) is 3. The van der Waals surface area contributed by atoms with Crippen molar-refractivity contribution >= 4 is 17.8 Å². The summed E-state index contributed by atoms with van der Waals surface area (Å²) in [7, 11) is 1.90. The topological polar surface area (TPSA) is 30.2 Å². The SMILES string of the molecule is Cn1cnc2c1N=C=C=C2. The predicted octanol–water partition coefficient (Wildman–Crippen LogP) is 0.903. The van der Waals surface area contributed by atoms with E-state index < -0.39 is 0 Å². The highest BCUT2D eigenvalue weighted by Gasteiger charge is 2.04. The van der Waals surface area contributed by atoms with Crippen LogP contribution in [0.25, 0.3) is 6.08 Å². The number of fused-ring (bicyclic) bond motifs is 1. The standard InChI is InChI=1S/C7H5N3/c1-10-5-9-6-3-2-4-8-7(6)10/h3,5H,1H3. The van der Waals surface area contributed by atoms with Gasteiger partial charge in [-0.05, 0) is 5.73 Å². The molecule has 0 amide bonds. The Labute approximate surface area is 58.0 Å². The van der Waals surface area contributed by atoms with Gasteiger partial charge in [-0.25, -0.2) is 4.98 Å². The molecule has 48 valence electrons. The van der Waals surface area contributed by atoms with Crippen LogP contribution in [0.4, 0.5) is 5.82 Å². The molecule has 1 aromatic heterocycles. The van der Waals surface area contributed by atoms with Crippen LogP contribution in [0.1, 0.15) is 5.69 Å². The van der Waals surface area contributed by atoms with Crippen LogP contribution in [0, 0.1) is 0 Å². The van der Waals surface area contributed by atoms with Gasteiger partial charge in [0.25, 0.3) is 0 Å². The van der Waals surface area contributed by atoms with Crippen molar-refractivity contribution in [1.29, 1.82) is 0 Å². The summed E-state index contributed by atoms with van der Waals surface area (Å²) in [6.45, 7) is 0. The first-order valence-electron chi connectivity index (χ1n) is 2.94. The van der Waals surface area contributed by atoms with E-state index in [1.807, 2.05) is 11.6 Å². The van der Waals surface area contributed by atoms with E-state index in [1.165, 1.54) is 0 Å². The van der Waals surface area contributed by atoms with E-state index in [-0.39, 0.29) is 0 Å². The molecule has 0 aliphatic carbocycles. The molecule has 3 heteroatoms. The number of aryl methyl sites for hydroxylation is 1. The molecule has 0 bridgehead atoms. The van der Waals surface area contributed by atoms with E-state index >= 15 is 0 Å². The highest BCUT2D eigenvalue weighted by Crippen LogP contribution is 2.18.